The second kappa shape index (κ2) is 7.88. The Kier molecular flexibility index (Phi) is 5.29. The number of thiazole rings is 1. The number of ether oxygens (including phenoxy) is 1. The highest BCUT2D eigenvalue weighted by Gasteiger charge is 2.18. The average Bonchev–Trinajstić information content (AvgIpc) is 3.37. The van der Waals surface area contributed by atoms with Crippen molar-refractivity contribution in [1.82, 2.24) is 19.7 Å². The fourth-order valence-electron chi connectivity index (χ4n) is 2.77. The summed E-state index contributed by atoms with van der Waals surface area (Å²) in [4.78, 5) is 17.6. The van der Waals surface area contributed by atoms with Crippen LogP contribution in [0.25, 0.3) is 22.6 Å². The van der Waals surface area contributed by atoms with Gasteiger partial charge in [-0.15, -0.1) is 21.5 Å². The van der Waals surface area contributed by atoms with Gasteiger partial charge in [0, 0.05) is 17.3 Å². The van der Waals surface area contributed by atoms with Gasteiger partial charge in [0.2, 0.25) is 5.91 Å². The number of carbonyl (C=O) groups excluding carboxylic acids is 1. The van der Waals surface area contributed by atoms with Gasteiger partial charge in [-0.3, -0.25) is 4.79 Å². The molecular formula is C19H19N5O3S2. The van der Waals surface area contributed by atoms with Crippen molar-refractivity contribution < 1.29 is 13.9 Å². The number of aromatic nitrogens is 4. The van der Waals surface area contributed by atoms with Crippen molar-refractivity contribution in [3.05, 3.63) is 34.8 Å². The van der Waals surface area contributed by atoms with E-state index in [0.29, 0.717) is 33.2 Å². The smallest absolute Gasteiger partial charge is 0.236 e. The largest absolute Gasteiger partial charge is 0.493 e. The van der Waals surface area contributed by atoms with Gasteiger partial charge in [0.1, 0.15) is 0 Å². The maximum atomic E-state index is 12.2. The summed E-state index contributed by atoms with van der Waals surface area (Å²) >= 11 is 2.77. The Hall–Kier alpha value is -2.85. The Morgan fingerprint density at radius 2 is 2.17 bits per heavy atom. The molecule has 0 atom stereocenters. The fourth-order valence-corrected chi connectivity index (χ4v) is 4.32. The molecular weight excluding hydrogens is 410 g/mol. The Balaban J connectivity index is 1.48. The lowest BCUT2D eigenvalue weighted by Gasteiger charge is -2.03. The monoisotopic (exact) mass is 429 g/mol. The number of para-hydroxylation sites is 1. The van der Waals surface area contributed by atoms with Gasteiger partial charge in [-0.05, 0) is 26.0 Å². The van der Waals surface area contributed by atoms with Crippen molar-refractivity contribution in [3.63, 3.8) is 0 Å². The number of carbonyl (C=O) groups is 1. The number of methoxy groups -OCH3 is 1. The van der Waals surface area contributed by atoms with Crippen LogP contribution in [0.3, 0.4) is 0 Å². The number of furan rings is 1. The van der Waals surface area contributed by atoms with Gasteiger partial charge in [-0.1, -0.05) is 23.9 Å². The summed E-state index contributed by atoms with van der Waals surface area (Å²) in [7, 11) is 3.45. The number of aryl methyl sites for hydroxylation is 2. The molecule has 3 heterocycles. The molecule has 0 aliphatic carbocycles. The van der Waals surface area contributed by atoms with Crippen LogP contribution in [0, 0.1) is 13.8 Å². The number of hydrogen-bond donors (Lipinski definition) is 1. The van der Waals surface area contributed by atoms with Crippen LogP contribution in [-0.4, -0.2) is 38.5 Å². The number of benzene rings is 1. The van der Waals surface area contributed by atoms with Crippen LogP contribution in [0.1, 0.15) is 10.6 Å². The third-order valence-corrected chi connectivity index (χ3v) is 6.40. The van der Waals surface area contributed by atoms with E-state index in [1.165, 1.54) is 23.1 Å². The number of nitrogens with zero attached hydrogens (tertiary/aromatic N) is 4. The molecule has 0 aliphatic heterocycles. The molecule has 1 amide bonds. The van der Waals surface area contributed by atoms with Gasteiger partial charge in [-0.2, -0.15) is 0 Å². The number of anilines is 1. The highest BCUT2D eigenvalue weighted by atomic mass is 32.2. The third kappa shape index (κ3) is 3.85. The van der Waals surface area contributed by atoms with Crippen molar-refractivity contribution in [2.45, 2.75) is 19.0 Å². The molecule has 1 N–H and O–H groups in total. The number of hydrogen-bond acceptors (Lipinski definition) is 8. The zero-order valence-corrected chi connectivity index (χ0v) is 18.0. The van der Waals surface area contributed by atoms with Crippen molar-refractivity contribution in [1.29, 1.82) is 0 Å². The van der Waals surface area contributed by atoms with Gasteiger partial charge in [-0.25, -0.2) is 4.98 Å². The molecule has 1 aromatic carbocycles. The minimum Gasteiger partial charge on any atom is -0.493 e. The molecule has 29 heavy (non-hydrogen) atoms. The maximum Gasteiger partial charge on any atom is 0.236 e. The molecule has 0 aliphatic rings. The molecule has 0 radical (unpaired) electrons. The normalized spacial score (nSPS) is 11.2. The van der Waals surface area contributed by atoms with E-state index < -0.39 is 0 Å². The second-order valence-corrected chi connectivity index (χ2v) is 8.50. The van der Waals surface area contributed by atoms with E-state index in [1.54, 1.807) is 11.7 Å². The van der Waals surface area contributed by atoms with Gasteiger partial charge in [0.15, 0.2) is 33.2 Å². The Morgan fingerprint density at radius 3 is 2.90 bits per heavy atom. The van der Waals surface area contributed by atoms with Crippen molar-refractivity contribution in [2.24, 2.45) is 7.05 Å². The lowest BCUT2D eigenvalue weighted by Crippen LogP contribution is -2.14. The first-order valence-electron chi connectivity index (χ1n) is 8.79. The van der Waals surface area contributed by atoms with Crippen molar-refractivity contribution in [2.75, 3.05) is 18.2 Å². The summed E-state index contributed by atoms with van der Waals surface area (Å²) in [6, 6.07) is 7.60. The molecule has 0 fully saturated rings. The summed E-state index contributed by atoms with van der Waals surface area (Å²) in [5, 5.41) is 13.4. The summed E-state index contributed by atoms with van der Waals surface area (Å²) in [5.74, 6) is 1.90. The first kappa shape index (κ1) is 19.5. The number of thioether (sulfide) groups is 1. The molecule has 0 saturated heterocycles. The highest BCUT2D eigenvalue weighted by Crippen LogP contribution is 2.33. The summed E-state index contributed by atoms with van der Waals surface area (Å²) in [6.07, 6.45) is 0. The molecule has 0 unspecified atom stereocenters. The first-order valence-corrected chi connectivity index (χ1v) is 10.6. The minimum atomic E-state index is -0.137. The maximum absolute atomic E-state index is 12.2. The molecule has 150 valence electrons. The van der Waals surface area contributed by atoms with Crippen LogP contribution in [0.2, 0.25) is 0 Å². The fraction of sp³-hybridized carbons (Fsp3) is 0.263. The molecule has 4 aromatic rings. The quantitative estimate of drug-likeness (QED) is 0.462. The van der Waals surface area contributed by atoms with E-state index >= 15 is 0 Å². The standard InChI is InChI=1S/C19H19N5O3S2/c1-10-11(2)29-18(20-10)21-15(25)9-28-19-23-22-17(24(19)3)14-8-12-6-5-7-13(26-4)16(12)27-14/h5-8H,9H2,1-4H3,(H,20,21,25). The SMILES string of the molecule is COc1cccc2cc(-c3nnc(SCC(=O)Nc4nc(C)c(C)s4)n3C)oc12. The second-order valence-electron chi connectivity index (χ2n) is 6.35. The number of rotatable bonds is 6. The molecule has 0 bridgehead atoms. The van der Waals surface area contributed by atoms with Gasteiger partial charge in [0.25, 0.3) is 0 Å². The third-order valence-electron chi connectivity index (χ3n) is 4.39. The van der Waals surface area contributed by atoms with Crippen molar-refractivity contribution in [3.8, 4) is 17.3 Å². The van der Waals surface area contributed by atoms with E-state index in [9.17, 15) is 4.79 Å². The van der Waals surface area contributed by atoms with E-state index in [2.05, 4.69) is 20.5 Å². The van der Waals surface area contributed by atoms with Crippen LogP contribution in [0.4, 0.5) is 5.13 Å². The zero-order chi connectivity index (χ0) is 20.5. The van der Waals surface area contributed by atoms with Gasteiger partial charge in [0.05, 0.1) is 18.6 Å². The molecule has 0 saturated carbocycles. The van der Waals surface area contributed by atoms with Crippen LogP contribution in [0.5, 0.6) is 5.75 Å². The van der Waals surface area contributed by atoms with E-state index in [-0.39, 0.29) is 11.7 Å². The van der Waals surface area contributed by atoms with E-state index in [4.69, 9.17) is 9.15 Å². The van der Waals surface area contributed by atoms with E-state index in [0.717, 1.165) is 16.0 Å². The molecule has 0 spiro atoms. The number of fused-ring (bicyclic) bond motifs is 1. The summed E-state index contributed by atoms with van der Waals surface area (Å²) in [6.45, 7) is 3.90. The van der Waals surface area contributed by atoms with Gasteiger partial charge < -0.3 is 19.0 Å². The molecule has 8 nitrogen and oxygen atoms in total. The predicted octanol–water partition coefficient (Wildman–Crippen LogP) is 4.04. The van der Waals surface area contributed by atoms with E-state index in [1.807, 2.05) is 45.2 Å². The van der Waals surface area contributed by atoms with Crippen LogP contribution < -0.4 is 10.1 Å². The molecule has 10 heteroatoms. The predicted molar refractivity (Wildman–Crippen MR) is 114 cm³/mol. The summed E-state index contributed by atoms with van der Waals surface area (Å²) in [5.41, 5.74) is 1.59. The van der Waals surface area contributed by atoms with Crippen LogP contribution >= 0.6 is 23.1 Å². The van der Waals surface area contributed by atoms with Crippen molar-refractivity contribution >= 4 is 45.1 Å². The number of nitrogens with one attached hydrogen (secondary N) is 1. The summed E-state index contributed by atoms with van der Waals surface area (Å²) < 4.78 is 13.1. The highest BCUT2D eigenvalue weighted by molar-refractivity contribution is 7.99. The zero-order valence-electron chi connectivity index (χ0n) is 16.3. The Bertz CT molecular complexity index is 1170. The lowest BCUT2D eigenvalue weighted by atomic mass is 10.2. The topological polar surface area (TPSA) is 95.1 Å². The number of amides is 1. The Morgan fingerprint density at radius 1 is 1.34 bits per heavy atom. The molecule has 4 rings (SSSR count). The van der Waals surface area contributed by atoms with Crippen LogP contribution in [-0.2, 0) is 11.8 Å². The molecule has 3 aromatic heterocycles. The average molecular weight is 430 g/mol. The lowest BCUT2D eigenvalue weighted by molar-refractivity contribution is -0.113. The van der Waals surface area contributed by atoms with Gasteiger partial charge >= 0.3 is 0 Å². The first-order chi connectivity index (χ1) is 14.0. The minimum absolute atomic E-state index is 0.137. The Labute approximate surface area is 175 Å². The van der Waals surface area contributed by atoms with Crippen LogP contribution in [0.15, 0.2) is 33.8 Å².